The molecule has 1 aliphatic rings. The third-order valence-electron chi connectivity index (χ3n) is 4.80. The fourth-order valence-corrected chi connectivity index (χ4v) is 3.14. The van der Waals surface area contributed by atoms with Crippen LogP contribution in [0.4, 0.5) is 13.2 Å². The van der Waals surface area contributed by atoms with E-state index in [1.54, 1.807) is 12.1 Å². The third-order valence-corrected chi connectivity index (χ3v) is 4.80. The lowest BCUT2D eigenvalue weighted by Crippen LogP contribution is -2.41. The van der Waals surface area contributed by atoms with Crippen LogP contribution in [0.1, 0.15) is 58.7 Å². The minimum absolute atomic E-state index is 0.188. The van der Waals surface area contributed by atoms with Crippen molar-refractivity contribution in [2.24, 2.45) is 0 Å². The monoisotopic (exact) mass is 377 g/mol. The Morgan fingerprint density at radius 1 is 0.963 bits per heavy atom. The van der Waals surface area contributed by atoms with Crippen LogP contribution >= 0.6 is 0 Å². The number of halogens is 3. The molecule has 2 aromatic rings. The number of carbonyl (C=O) groups is 2. The van der Waals surface area contributed by atoms with Gasteiger partial charge in [0, 0.05) is 5.56 Å². The summed E-state index contributed by atoms with van der Waals surface area (Å²) in [6.07, 6.45) is 0. The van der Waals surface area contributed by atoms with Crippen LogP contribution in [0.3, 0.4) is 0 Å². The number of nitrogens with zero attached hydrogens (tertiary/aromatic N) is 1. The average Bonchev–Trinajstić information content (AvgIpc) is 2.85. The Kier molecular flexibility index (Phi) is 4.38. The van der Waals surface area contributed by atoms with Crippen LogP contribution in [0.15, 0.2) is 42.5 Å². The van der Waals surface area contributed by atoms with Gasteiger partial charge in [-0.15, -0.1) is 0 Å². The van der Waals surface area contributed by atoms with Crippen LogP contribution < -0.4 is 0 Å². The van der Waals surface area contributed by atoms with Crippen LogP contribution in [-0.4, -0.2) is 27.4 Å². The quantitative estimate of drug-likeness (QED) is 0.818. The maximum absolute atomic E-state index is 14.9. The molecule has 2 aromatic carbocycles. The molecular formula is C20H18F3NO3. The first-order chi connectivity index (χ1) is 12.5. The molecule has 0 bridgehead atoms. The molecule has 0 saturated carbocycles. The highest BCUT2D eigenvalue weighted by atomic mass is 19.3. The number of carbonyl (C=O) groups excluding carboxylic acids is 2. The molecule has 2 amide bonds. The van der Waals surface area contributed by atoms with E-state index in [1.165, 1.54) is 31.2 Å². The summed E-state index contributed by atoms with van der Waals surface area (Å²) in [6, 6.07) is 8.40. The van der Waals surface area contributed by atoms with Crippen molar-refractivity contribution >= 4 is 11.8 Å². The number of amides is 2. The van der Waals surface area contributed by atoms with Gasteiger partial charge in [0.15, 0.2) is 0 Å². The molecular weight excluding hydrogens is 359 g/mol. The van der Waals surface area contributed by atoms with Gasteiger partial charge in [0.05, 0.1) is 22.7 Å². The highest BCUT2D eigenvalue weighted by molar-refractivity contribution is 6.21. The number of hydrogen-bond acceptors (Lipinski definition) is 3. The number of imide groups is 1. The minimum Gasteiger partial charge on any atom is -0.384 e. The zero-order chi connectivity index (χ0) is 20.1. The van der Waals surface area contributed by atoms with Crippen molar-refractivity contribution in [2.75, 3.05) is 0 Å². The second kappa shape index (κ2) is 6.20. The zero-order valence-electron chi connectivity index (χ0n) is 15.0. The molecule has 0 fully saturated rings. The van der Waals surface area contributed by atoms with Gasteiger partial charge in [-0.1, -0.05) is 24.3 Å². The summed E-state index contributed by atoms with van der Waals surface area (Å²) >= 11 is 0. The zero-order valence-corrected chi connectivity index (χ0v) is 15.0. The summed E-state index contributed by atoms with van der Waals surface area (Å²) in [5.41, 5.74) is -3.34. The Morgan fingerprint density at radius 3 is 1.96 bits per heavy atom. The first kappa shape index (κ1) is 19.1. The van der Waals surface area contributed by atoms with Crippen molar-refractivity contribution in [1.82, 2.24) is 4.90 Å². The second-order valence-corrected chi connectivity index (χ2v) is 7.04. The molecule has 7 heteroatoms. The van der Waals surface area contributed by atoms with E-state index in [0.29, 0.717) is 0 Å². The van der Waals surface area contributed by atoms with Gasteiger partial charge in [-0.2, -0.15) is 8.78 Å². The normalized spacial score (nSPS) is 15.9. The lowest BCUT2D eigenvalue weighted by molar-refractivity contribution is -0.170. The standard InChI is InChI=1S/C20H18F3NO3/c1-11(24-17(25)13-7-4-5-8-14(13)18(24)26)12-9-6-10-15(16(12)21)20(22,23)19(2,3)27/h4-11,27H,1-3H3. The van der Waals surface area contributed by atoms with Gasteiger partial charge in [0.2, 0.25) is 0 Å². The number of benzene rings is 2. The lowest BCUT2D eigenvalue weighted by atomic mass is 9.90. The predicted octanol–water partition coefficient (Wildman–Crippen LogP) is 4.05. The first-order valence-corrected chi connectivity index (χ1v) is 8.34. The summed E-state index contributed by atoms with van der Waals surface area (Å²) in [7, 11) is 0. The van der Waals surface area contributed by atoms with Crippen molar-refractivity contribution < 1.29 is 27.9 Å². The summed E-state index contributed by atoms with van der Waals surface area (Å²) in [6.45, 7) is 3.16. The molecule has 1 unspecified atom stereocenters. The summed E-state index contributed by atoms with van der Waals surface area (Å²) in [5.74, 6) is -6.34. The van der Waals surface area contributed by atoms with Crippen molar-refractivity contribution in [3.63, 3.8) is 0 Å². The van der Waals surface area contributed by atoms with Crippen molar-refractivity contribution in [3.8, 4) is 0 Å². The van der Waals surface area contributed by atoms with Crippen molar-refractivity contribution in [3.05, 3.63) is 70.5 Å². The molecule has 4 nitrogen and oxygen atoms in total. The SMILES string of the molecule is CC(c1cccc(C(F)(F)C(C)(C)O)c1F)N1C(=O)c2ccccc2C1=O. The van der Waals surface area contributed by atoms with E-state index in [4.69, 9.17) is 0 Å². The van der Waals surface area contributed by atoms with E-state index >= 15 is 0 Å². The fraction of sp³-hybridized carbons (Fsp3) is 0.300. The van der Waals surface area contributed by atoms with E-state index in [9.17, 15) is 27.9 Å². The van der Waals surface area contributed by atoms with E-state index in [-0.39, 0.29) is 16.7 Å². The molecule has 0 aliphatic carbocycles. The molecule has 1 atom stereocenters. The maximum atomic E-state index is 14.9. The van der Waals surface area contributed by atoms with Gasteiger partial charge < -0.3 is 5.11 Å². The second-order valence-electron chi connectivity index (χ2n) is 7.04. The molecule has 0 radical (unpaired) electrons. The number of aliphatic hydroxyl groups is 1. The van der Waals surface area contributed by atoms with Gasteiger partial charge >= 0.3 is 5.92 Å². The highest BCUT2D eigenvalue weighted by Crippen LogP contribution is 2.42. The molecule has 27 heavy (non-hydrogen) atoms. The van der Waals surface area contributed by atoms with Crippen molar-refractivity contribution in [2.45, 2.75) is 38.3 Å². The Hall–Kier alpha value is -2.67. The molecule has 3 rings (SSSR count). The smallest absolute Gasteiger partial charge is 0.303 e. The Morgan fingerprint density at radius 2 is 1.48 bits per heavy atom. The molecule has 0 aromatic heterocycles. The Balaban J connectivity index is 2.05. The summed E-state index contributed by atoms with van der Waals surface area (Å²) in [5, 5.41) is 9.73. The topological polar surface area (TPSA) is 57.6 Å². The largest absolute Gasteiger partial charge is 0.384 e. The van der Waals surface area contributed by atoms with Crippen LogP contribution in [0.2, 0.25) is 0 Å². The molecule has 0 saturated heterocycles. The van der Waals surface area contributed by atoms with Gasteiger partial charge in [0.25, 0.3) is 11.8 Å². The maximum Gasteiger partial charge on any atom is 0.303 e. The molecule has 1 aliphatic heterocycles. The fourth-order valence-electron chi connectivity index (χ4n) is 3.14. The van der Waals surface area contributed by atoms with Crippen LogP contribution in [0.25, 0.3) is 0 Å². The number of rotatable bonds is 4. The highest BCUT2D eigenvalue weighted by Gasteiger charge is 2.49. The molecule has 0 spiro atoms. The Bertz CT molecular complexity index is 899. The van der Waals surface area contributed by atoms with Gasteiger partial charge in [-0.3, -0.25) is 14.5 Å². The molecule has 1 heterocycles. The molecule has 1 N–H and O–H groups in total. The van der Waals surface area contributed by atoms with Crippen molar-refractivity contribution in [1.29, 1.82) is 0 Å². The number of hydrogen-bond donors (Lipinski definition) is 1. The van der Waals surface area contributed by atoms with E-state index in [1.807, 2.05) is 0 Å². The third kappa shape index (κ3) is 2.82. The van der Waals surface area contributed by atoms with Gasteiger partial charge in [0.1, 0.15) is 11.4 Å². The van der Waals surface area contributed by atoms with Crippen LogP contribution in [-0.2, 0) is 5.92 Å². The first-order valence-electron chi connectivity index (χ1n) is 8.34. The van der Waals surface area contributed by atoms with Gasteiger partial charge in [-0.05, 0) is 39.0 Å². The number of fused-ring (bicyclic) bond motifs is 1. The van der Waals surface area contributed by atoms with Gasteiger partial charge in [-0.25, -0.2) is 4.39 Å². The number of alkyl halides is 2. The lowest BCUT2D eigenvalue weighted by Gasteiger charge is -2.31. The summed E-state index contributed by atoms with van der Waals surface area (Å²) in [4.78, 5) is 26.0. The minimum atomic E-state index is -3.87. The molecule has 142 valence electrons. The predicted molar refractivity (Wildman–Crippen MR) is 91.9 cm³/mol. The van der Waals surface area contributed by atoms with E-state index in [2.05, 4.69) is 0 Å². The van der Waals surface area contributed by atoms with E-state index < -0.39 is 40.8 Å². The average molecular weight is 377 g/mol. The summed E-state index contributed by atoms with van der Waals surface area (Å²) < 4.78 is 43.9. The van der Waals surface area contributed by atoms with Crippen LogP contribution in [0.5, 0.6) is 0 Å². The van der Waals surface area contributed by atoms with Crippen LogP contribution in [0, 0.1) is 5.82 Å². The Labute approximate surface area is 154 Å². The van der Waals surface area contributed by atoms with E-state index in [0.717, 1.165) is 24.8 Å².